The maximum Gasteiger partial charge on any atom is 0.338 e. The van der Waals surface area contributed by atoms with Crippen molar-refractivity contribution >= 4 is 51.2 Å². The van der Waals surface area contributed by atoms with Gasteiger partial charge < -0.3 is 14.6 Å². The third-order valence-electron chi connectivity index (χ3n) is 1.87. The molecule has 6 heteroatoms. The molecule has 0 spiro atoms. The predicted molar refractivity (Wildman–Crippen MR) is 80.5 cm³/mol. The van der Waals surface area contributed by atoms with Gasteiger partial charge in [0, 0.05) is 11.6 Å². The van der Waals surface area contributed by atoms with E-state index in [4.69, 9.17) is 9.47 Å². The molecule has 4 nitrogen and oxygen atoms in total. The molecule has 0 fully saturated rings. The highest BCUT2D eigenvalue weighted by atomic mass is 127. The van der Waals surface area contributed by atoms with Crippen LogP contribution < -0.4 is 9.47 Å². The molecule has 1 aromatic carbocycles. The van der Waals surface area contributed by atoms with Gasteiger partial charge in [-0.05, 0) is 52.1 Å². The molecule has 1 aromatic rings. The Hall–Kier alpha value is -0.510. The zero-order valence-electron chi connectivity index (χ0n) is 9.21. The van der Waals surface area contributed by atoms with Crippen LogP contribution in [0.4, 0.5) is 0 Å². The Labute approximate surface area is 126 Å². The van der Waals surface area contributed by atoms with Crippen molar-refractivity contribution in [3.8, 4) is 17.2 Å². The summed E-state index contributed by atoms with van der Waals surface area (Å²) in [5.41, 5.74) is 0.269. The van der Waals surface area contributed by atoms with Gasteiger partial charge in [0.25, 0.3) is 0 Å². The first-order valence-corrected chi connectivity index (χ1v) is 6.66. The van der Waals surface area contributed by atoms with E-state index in [2.05, 4.69) is 6.58 Å². The Morgan fingerprint density at radius 2 is 2.06 bits per heavy atom. The van der Waals surface area contributed by atoms with Gasteiger partial charge in [0.05, 0.1) is 10.7 Å². The number of halogens is 2. The average Bonchev–Trinajstić information content (AvgIpc) is 2.26. The standard InChI is InChI=1S/C11H10I2O4/c1-5(2)11(15)17-7-4-6(12)10(16-3)8(13)9(7)14/h4,14H,1H2,2-3H3. The number of phenolic OH excluding ortho intramolecular Hbond substituents is 1. The van der Waals surface area contributed by atoms with E-state index in [9.17, 15) is 9.90 Å². The first-order valence-electron chi connectivity index (χ1n) is 4.51. The molecule has 0 unspecified atom stereocenters. The number of aromatic hydroxyl groups is 1. The van der Waals surface area contributed by atoms with Crippen LogP contribution in [0.3, 0.4) is 0 Å². The second-order valence-electron chi connectivity index (χ2n) is 3.22. The van der Waals surface area contributed by atoms with Crippen molar-refractivity contribution < 1.29 is 19.4 Å². The topological polar surface area (TPSA) is 55.8 Å². The number of hydrogen-bond donors (Lipinski definition) is 1. The van der Waals surface area contributed by atoms with Crippen LogP contribution in [0.15, 0.2) is 18.2 Å². The molecule has 0 bridgehead atoms. The van der Waals surface area contributed by atoms with Crippen LogP contribution in [0.2, 0.25) is 0 Å². The Morgan fingerprint density at radius 3 is 2.53 bits per heavy atom. The van der Waals surface area contributed by atoms with Crippen LogP contribution in [-0.4, -0.2) is 18.2 Å². The highest BCUT2D eigenvalue weighted by Gasteiger charge is 2.18. The van der Waals surface area contributed by atoms with E-state index in [0.29, 0.717) is 9.32 Å². The van der Waals surface area contributed by atoms with Gasteiger partial charge in [-0.1, -0.05) is 6.58 Å². The second-order valence-corrected chi connectivity index (χ2v) is 5.46. The Kier molecular flexibility index (Phi) is 5.04. The maximum absolute atomic E-state index is 11.4. The van der Waals surface area contributed by atoms with Gasteiger partial charge in [0.2, 0.25) is 0 Å². The first kappa shape index (κ1) is 14.6. The quantitative estimate of drug-likeness (QED) is 0.326. The van der Waals surface area contributed by atoms with E-state index < -0.39 is 5.97 Å². The lowest BCUT2D eigenvalue weighted by atomic mass is 10.3. The van der Waals surface area contributed by atoms with Gasteiger partial charge in [-0.25, -0.2) is 4.79 Å². The number of hydrogen-bond acceptors (Lipinski definition) is 4. The molecule has 0 aliphatic heterocycles. The van der Waals surface area contributed by atoms with Gasteiger partial charge in [-0.3, -0.25) is 0 Å². The summed E-state index contributed by atoms with van der Waals surface area (Å²) in [7, 11) is 1.51. The normalized spacial score (nSPS) is 9.88. The second kappa shape index (κ2) is 5.89. The summed E-state index contributed by atoms with van der Waals surface area (Å²) in [6, 6.07) is 1.54. The highest BCUT2D eigenvalue weighted by molar-refractivity contribution is 14.1. The van der Waals surface area contributed by atoms with E-state index in [1.165, 1.54) is 13.2 Å². The Balaban J connectivity index is 3.19. The average molecular weight is 460 g/mol. The number of esters is 1. The SMILES string of the molecule is C=C(C)C(=O)Oc1cc(I)c(OC)c(I)c1O. The van der Waals surface area contributed by atoms with Crippen molar-refractivity contribution in [1.29, 1.82) is 0 Å². The zero-order chi connectivity index (χ0) is 13.2. The molecule has 0 amide bonds. The van der Waals surface area contributed by atoms with Gasteiger partial charge in [0.1, 0.15) is 9.32 Å². The lowest BCUT2D eigenvalue weighted by Crippen LogP contribution is -2.09. The summed E-state index contributed by atoms with van der Waals surface area (Å²) < 4.78 is 11.4. The van der Waals surface area contributed by atoms with Gasteiger partial charge in [0.15, 0.2) is 11.5 Å². The van der Waals surface area contributed by atoms with Crippen molar-refractivity contribution in [1.82, 2.24) is 0 Å². The molecule has 17 heavy (non-hydrogen) atoms. The number of benzene rings is 1. The van der Waals surface area contributed by atoms with Crippen molar-refractivity contribution in [2.75, 3.05) is 7.11 Å². The van der Waals surface area contributed by atoms with Crippen molar-refractivity contribution in [2.45, 2.75) is 6.92 Å². The molecule has 0 saturated heterocycles. The Morgan fingerprint density at radius 1 is 1.47 bits per heavy atom. The third-order valence-corrected chi connectivity index (χ3v) is 3.67. The van der Waals surface area contributed by atoms with Crippen molar-refractivity contribution in [3.63, 3.8) is 0 Å². The highest BCUT2D eigenvalue weighted by Crippen LogP contribution is 2.41. The number of methoxy groups -OCH3 is 1. The monoisotopic (exact) mass is 460 g/mol. The molecule has 0 radical (unpaired) electrons. The molecule has 0 atom stereocenters. The Bertz CT molecular complexity index is 483. The largest absolute Gasteiger partial charge is 0.503 e. The molecule has 1 N–H and O–H groups in total. The summed E-state index contributed by atoms with van der Waals surface area (Å²) >= 11 is 3.96. The van der Waals surface area contributed by atoms with Gasteiger partial charge >= 0.3 is 5.97 Å². The van der Waals surface area contributed by atoms with E-state index in [0.717, 1.165) is 3.57 Å². The lowest BCUT2D eigenvalue weighted by Gasteiger charge is -2.12. The molecule has 0 aliphatic rings. The fourth-order valence-corrected chi connectivity index (χ4v) is 3.09. The molecule has 0 aliphatic carbocycles. The number of ether oxygens (including phenoxy) is 2. The van der Waals surface area contributed by atoms with Crippen molar-refractivity contribution in [3.05, 3.63) is 25.4 Å². The third kappa shape index (κ3) is 3.24. The number of carbonyl (C=O) groups is 1. The van der Waals surface area contributed by atoms with Crippen LogP contribution in [0.1, 0.15) is 6.92 Å². The van der Waals surface area contributed by atoms with Crippen LogP contribution in [0, 0.1) is 7.14 Å². The lowest BCUT2D eigenvalue weighted by molar-refractivity contribution is -0.130. The summed E-state index contributed by atoms with van der Waals surface area (Å²) in [5.74, 6) is -0.0269. The van der Waals surface area contributed by atoms with E-state index in [1.807, 2.05) is 45.2 Å². The summed E-state index contributed by atoms with van der Waals surface area (Å²) in [5, 5.41) is 9.87. The fraction of sp³-hybridized carbons (Fsp3) is 0.182. The summed E-state index contributed by atoms with van der Waals surface area (Å²) in [4.78, 5) is 11.4. The number of carbonyl (C=O) groups excluding carboxylic acids is 1. The minimum absolute atomic E-state index is 0.104. The molecular weight excluding hydrogens is 450 g/mol. The smallest absolute Gasteiger partial charge is 0.338 e. The van der Waals surface area contributed by atoms with E-state index in [1.54, 1.807) is 6.92 Å². The van der Waals surface area contributed by atoms with Crippen LogP contribution in [-0.2, 0) is 4.79 Å². The number of rotatable bonds is 3. The minimum atomic E-state index is -0.572. The summed E-state index contributed by atoms with van der Waals surface area (Å²) in [6.45, 7) is 5.02. The fourth-order valence-electron chi connectivity index (χ4n) is 1.02. The number of phenols is 1. The first-order chi connectivity index (χ1) is 7.88. The summed E-state index contributed by atoms with van der Waals surface area (Å²) in [6.07, 6.45) is 0. The molecule has 0 saturated carbocycles. The van der Waals surface area contributed by atoms with Crippen molar-refractivity contribution in [2.24, 2.45) is 0 Å². The van der Waals surface area contributed by atoms with Crippen LogP contribution >= 0.6 is 45.2 Å². The maximum atomic E-state index is 11.4. The molecular formula is C11H10I2O4. The molecule has 0 aromatic heterocycles. The van der Waals surface area contributed by atoms with E-state index >= 15 is 0 Å². The zero-order valence-corrected chi connectivity index (χ0v) is 13.5. The van der Waals surface area contributed by atoms with Gasteiger partial charge in [-0.2, -0.15) is 0 Å². The molecule has 92 valence electrons. The van der Waals surface area contributed by atoms with Gasteiger partial charge in [-0.15, -0.1) is 0 Å². The molecule has 1 rings (SSSR count). The van der Waals surface area contributed by atoms with E-state index in [-0.39, 0.29) is 17.1 Å². The van der Waals surface area contributed by atoms with Crippen LogP contribution in [0.25, 0.3) is 0 Å². The predicted octanol–water partition coefficient (Wildman–Crippen LogP) is 3.09. The van der Waals surface area contributed by atoms with Crippen LogP contribution in [0.5, 0.6) is 17.2 Å². The minimum Gasteiger partial charge on any atom is -0.503 e. The molecule has 0 heterocycles.